The van der Waals surface area contributed by atoms with Crippen molar-refractivity contribution in [2.24, 2.45) is 5.73 Å². The van der Waals surface area contributed by atoms with Gasteiger partial charge in [0, 0.05) is 17.8 Å². The summed E-state index contributed by atoms with van der Waals surface area (Å²) in [4.78, 5) is 29.4. The van der Waals surface area contributed by atoms with E-state index in [9.17, 15) is 9.59 Å². The molecule has 0 aliphatic heterocycles. The Labute approximate surface area is 180 Å². The minimum atomic E-state index is -0.932. The lowest BCUT2D eigenvalue weighted by atomic mass is 10.0. The number of rotatable bonds is 7. The molecule has 0 radical (unpaired) electrons. The van der Waals surface area contributed by atoms with E-state index < -0.39 is 11.6 Å². The van der Waals surface area contributed by atoms with Gasteiger partial charge in [-0.3, -0.25) is 9.59 Å². The molecule has 4 N–H and O–H groups in total. The van der Waals surface area contributed by atoms with Crippen LogP contribution in [0.3, 0.4) is 0 Å². The van der Waals surface area contributed by atoms with E-state index in [-0.39, 0.29) is 11.8 Å². The average molecular weight is 426 g/mol. The number of hydrogen-bond acceptors (Lipinski definition) is 4. The second kappa shape index (κ2) is 9.11. The third kappa shape index (κ3) is 4.87. The topological polar surface area (TPSA) is 102 Å². The highest BCUT2D eigenvalue weighted by Gasteiger charge is 2.30. The zero-order valence-electron chi connectivity index (χ0n) is 16.8. The van der Waals surface area contributed by atoms with Crippen LogP contribution in [0.25, 0.3) is 0 Å². The molecule has 0 bridgehead atoms. The van der Waals surface area contributed by atoms with Gasteiger partial charge in [-0.15, -0.1) is 0 Å². The standard InChI is InChI=1S/C22H24ClN5O2/c1-22(2,21(30)25-12-16-10-6-7-11-17(16)23)28-13-18(26-14-28)27-20(29)19(24)15-8-4-3-5-9-15/h3-11,13-14,19H,12,24H2,1-2H3,(H,25,30)(H,27,29)/t19-/m0/s1. The van der Waals surface area contributed by atoms with Crippen molar-refractivity contribution in [2.45, 2.75) is 32.0 Å². The van der Waals surface area contributed by atoms with E-state index in [0.29, 0.717) is 22.9 Å². The molecule has 2 amide bonds. The average Bonchev–Trinajstić information content (AvgIpc) is 3.22. The summed E-state index contributed by atoms with van der Waals surface area (Å²) in [6, 6.07) is 15.6. The lowest BCUT2D eigenvalue weighted by Crippen LogP contribution is -2.43. The van der Waals surface area contributed by atoms with Gasteiger partial charge in [-0.1, -0.05) is 60.1 Å². The molecule has 0 unspecified atom stereocenters. The van der Waals surface area contributed by atoms with Gasteiger partial charge in [-0.05, 0) is 31.0 Å². The maximum Gasteiger partial charge on any atom is 0.247 e. The number of nitrogens with one attached hydrogen (secondary N) is 2. The van der Waals surface area contributed by atoms with Gasteiger partial charge < -0.3 is 20.9 Å². The van der Waals surface area contributed by atoms with E-state index >= 15 is 0 Å². The molecule has 3 rings (SSSR count). The number of halogens is 1. The molecular weight excluding hydrogens is 402 g/mol. The number of carbonyl (C=O) groups excluding carboxylic acids is 2. The van der Waals surface area contributed by atoms with Crippen molar-refractivity contribution in [1.82, 2.24) is 14.9 Å². The summed E-state index contributed by atoms with van der Waals surface area (Å²) < 4.78 is 1.64. The fourth-order valence-corrected chi connectivity index (χ4v) is 3.06. The quantitative estimate of drug-likeness (QED) is 0.540. The van der Waals surface area contributed by atoms with Crippen LogP contribution in [0.4, 0.5) is 5.82 Å². The van der Waals surface area contributed by atoms with Crippen molar-refractivity contribution in [3.63, 3.8) is 0 Å². The molecule has 30 heavy (non-hydrogen) atoms. The third-order valence-corrected chi connectivity index (χ3v) is 5.24. The Kier molecular flexibility index (Phi) is 6.54. The number of nitrogens with two attached hydrogens (primary N) is 1. The van der Waals surface area contributed by atoms with E-state index in [1.165, 1.54) is 6.33 Å². The summed E-state index contributed by atoms with van der Waals surface area (Å²) in [5, 5.41) is 6.18. The summed E-state index contributed by atoms with van der Waals surface area (Å²) in [5.41, 5.74) is 6.61. The zero-order chi connectivity index (χ0) is 21.7. The van der Waals surface area contributed by atoms with E-state index in [2.05, 4.69) is 15.6 Å². The number of nitrogens with zero attached hydrogens (tertiary/aromatic N) is 2. The number of carbonyl (C=O) groups is 2. The van der Waals surface area contributed by atoms with Crippen LogP contribution in [0.2, 0.25) is 5.02 Å². The van der Waals surface area contributed by atoms with Crippen molar-refractivity contribution >= 4 is 29.2 Å². The van der Waals surface area contributed by atoms with Crippen LogP contribution in [-0.2, 0) is 21.7 Å². The van der Waals surface area contributed by atoms with Gasteiger partial charge in [-0.25, -0.2) is 4.98 Å². The molecule has 1 heterocycles. The maximum absolute atomic E-state index is 12.8. The van der Waals surface area contributed by atoms with Crippen LogP contribution in [0.1, 0.15) is 31.0 Å². The first-order valence-electron chi connectivity index (χ1n) is 9.46. The van der Waals surface area contributed by atoms with Gasteiger partial charge in [0.2, 0.25) is 11.8 Å². The van der Waals surface area contributed by atoms with Crippen LogP contribution < -0.4 is 16.4 Å². The first-order valence-corrected chi connectivity index (χ1v) is 9.84. The SMILES string of the molecule is CC(C)(C(=O)NCc1ccccc1Cl)n1cnc(NC(=O)[C@@H](N)c2ccccc2)c1. The normalized spacial score (nSPS) is 12.3. The molecule has 0 aliphatic rings. The van der Waals surface area contributed by atoms with E-state index in [0.717, 1.165) is 5.56 Å². The van der Waals surface area contributed by atoms with Crippen LogP contribution >= 0.6 is 11.6 Å². The molecule has 1 atom stereocenters. The lowest BCUT2D eigenvalue weighted by Gasteiger charge is -2.25. The fourth-order valence-electron chi connectivity index (χ4n) is 2.86. The Morgan fingerprint density at radius 3 is 2.50 bits per heavy atom. The van der Waals surface area contributed by atoms with Crippen molar-refractivity contribution in [3.05, 3.63) is 83.3 Å². The predicted octanol–water partition coefficient (Wildman–Crippen LogP) is 3.23. The van der Waals surface area contributed by atoms with E-state index in [4.69, 9.17) is 17.3 Å². The molecular formula is C22H24ClN5O2. The number of aromatic nitrogens is 2. The highest BCUT2D eigenvalue weighted by molar-refractivity contribution is 6.31. The Bertz CT molecular complexity index is 1030. The van der Waals surface area contributed by atoms with Crippen molar-refractivity contribution in [1.29, 1.82) is 0 Å². The van der Waals surface area contributed by atoms with Crippen LogP contribution in [0.5, 0.6) is 0 Å². The second-order valence-corrected chi connectivity index (χ2v) is 7.78. The van der Waals surface area contributed by atoms with E-state index in [1.807, 2.05) is 36.4 Å². The summed E-state index contributed by atoms with van der Waals surface area (Å²) >= 11 is 6.14. The van der Waals surface area contributed by atoms with Crippen LogP contribution in [0, 0.1) is 0 Å². The molecule has 0 saturated carbocycles. The molecule has 0 aliphatic carbocycles. The number of benzene rings is 2. The molecule has 8 heteroatoms. The largest absolute Gasteiger partial charge is 0.350 e. The van der Waals surface area contributed by atoms with Gasteiger partial charge in [0.05, 0.1) is 6.33 Å². The third-order valence-electron chi connectivity index (χ3n) is 4.87. The van der Waals surface area contributed by atoms with Crippen molar-refractivity contribution in [3.8, 4) is 0 Å². The molecule has 1 aromatic heterocycles. The number of hydrogen-bond donors (Lipinski definition) is 3. The summed E-state index contributed by atoms with van der Waals surface area (Å²) in [6.45, 7) is 3.84. The highest BCUT2D eigenvalue weighted by atomic mass is 35.5. The van der Waals surface area contributed by atoms with Crippen LogP contribution in [-0.4, -0.2) is 21.4 Å². The van der Waals surface area contributed by atoms with Gasteiger partial charge >= 0.3 is 0 Å². The first kappa shape index (κ1) is 21.5. The van der Waals surface area contributed by atoms with Gasteiger partial charge in [0.1, 0.15) is 11.6 Å². The molecule has 0 saturated heterocycles. The Balaban J connectivity index is 1.64. The van der Waals surface area contributed by atoms with Crippen molar-refractivity contribution in [2.75, 3.05) is 5.32 Å². The Morgan fingerprint density at radius 2 is 1.80 bits per heavy atom. The highest BCUT2D eigenvalue weighted by Crippen LogP contribution is 2.20. The van der Waals surface area contributed by atoms with Gasteiger partial charge in [-0.2, -0.15) is 0 Å². The molecule has 0 fully saturated rings. The summed E-state index contributed by atoms with van der Waals surface area (Å²) in [6.07, 6.45) is 3.10. The minimum Gasteiger partial charge on any atom is -0.350 e. The van der Waals surface area contributed by atoms with Gasteiger partial charge in [0.25, 0.3) is 0 Å². The predicted molar refractivity (Wildman–Crippen MR) is 117 cm³/mol. The molecule has 0 spiro atoms. The fraction of sp³-hybridized carbons (Fsp3) is 0.227. The Morgan fingerprint density at radius 1 is 1.13 bits per heavy atom. The number of imidazole rings is 1. The molecule has 3 aromatic rings. The maximum atomic E-state index is 12.8. The molecule has 7 nitrogen and oxygen atoms in total. The zero-order valence-corrected chi connectivity index (χ0v) is 17.6. The minimum absolute atomic E-state index is 0.210. The number of anilines is 1. The Hall–Kier alpha value is -3.16. The van der Waals surface area contributed by atoms with Crippen LogP contribution in [0.15, 0.2) is 67.1 Å². The summed E-state index contributed by atoms with van der Waals surface area (Å²) in [7, 11) is 0. The van der Waals surface area contributed by atoms with E-state index in [1.54, 1.807) is 42.8 Å². The lowest BCUT2D eigenvalue weighted by molar-refractivity contribution is -0.128. The summed E-state index contributed by atoms with van der Waals surface area (Å²) in [5.74, 6) is -0.274. The smallest absolute Gasteiger partial charge is 0.247 e. The van der Waals surface area contributed by atoms with Gasteiger partial charge in [0.15, 0.2) is 5.82 Å². The monoisotopic (exact) mass is 425 g/mol. The first-order chi connectivity index (χ1) is 14.3. The second-order valence-electron chi connectivity index (χ2n) is 7.38. The molecule has 156 valence electrons. The molecule has 2 aromatic carbocycles. The van der Waals surface area contributed by atoms with Crippen molar-refractivity contribution < 1.29 is 9.59 Å². The number of amides is 2.